The van der Waals surface area contributed by atoms with E-state index in [2.05, 4.69) is 43.9 Å². The molecule has 3 N–H and O–H groups in total. The molecule has 2 atom stereocenters. The van der Waals surface area contributed by atoms with Crippen molar-refractivity contribution in [2.45, 2.75) is 187 Å². The maximum atomic E-state index is 12.5. The Balaban J connectivity index is 4.23. The summed E-state index contributed by atoms with van der Waals surface area (Å²) in [5.74, 6) is -0.873. The van der Waals surface area contributed by atoms with Crippen molar-refractivity contribution < 1.29 is 43.3 Å². The average Bonchev–Trinajstić information content (AvgIpc) is 3.08. The van der Waals surface area contributed by atoms with Crippen LogP contribution in [0.25, 0.3) is 0 Å². The second-order valence-electron chi connectivity index (χ2n) is 13.2. The van der Waals surface area contributed by atoms with Crippen molar-refractivity contribution in [1.29, 1.82) is 0 Å². The van der Waals surface area contributed by atoms with Crippen molar-refractivity contribution in [3.8, 4) is 0 Å². The minimum absolute atomic E-state index is 0.107. The number of phosphoric ester groups is 1. The van der Waals surface area contributed by atoms with Crippen LogP contribution in [0.2, 0.25) is 0 Å². The molecule has 288 valence electrons. The van der Waals surface area contributed by atoms with Crippen LogP contribution in [-0.4, -0.2) is 44.4 Å². The molecule has 0 saturated carbocycles. The van der Waals surface area contributed by atoms with Gasteiger partial charge in [-0.05, 0) is 64.2 Å². The minimum Gasteiger partial charge on any atom is -0.756 e. The maximum absolute atomic E-state index is 12.5. The lowest BCUT2D eigenvalue weighted by atomic mass is 10.1. The Morgan fingerprint density at radius 1 is 0.592 bits per heavy atom. The summed E-state index contributed by atoms with van der Waals surface area (Å²) in [5, 5.41) is 0. The van der Waals surface area contributed by atoms with Gasteiger partial charge in [0.2, 0.25) is 0 Å². The lowest BCUT2D eigenvalue weighted by molar-refractivity contribution is -0.373. The second-order valence-corrected chi connectivity index (χ2v) is 14.6. The van der Waals surface area contributed by atoms with Gasteiger partial charge in [0.05, 0.1) is 13.2 Å². The summed E-state index contributed by atoms with van der Waals surface area (Å²) in [7, 11) is -4.58. The van der Waals surface area contributed by atoms with Crippen LogP contribution < -0.4 is 10.6 Å². The topological polar surface area (TPSA) is 139 Å². The number of esters is 2. The van der Waals surface area contributed by atoms with E-state index < -0.39 is 32.5 Å². The Hall–Kier alpha value is -1.51. The van der Waals surface area contributed by atoms with E-state index in [4.69, 9.17) is 18.5 Å². The molecular weight excluding hydrogens is 641 g/mol. The number of rotatable bonds is 37. The van der Waals surface area contributed by atoms with Crippen LogP contribution in [0.1, 0.15) is 181 Å². The molecule has 49 heavy (non-hydrogen) atoms. The third-order valence-corrected chi connectivity index (χ3v) is 9.29. The van der Waals surface area contributed by atoms with Crippen LogP contribution in [0.3, 0.4) is 0 Å². The number of phosphoric acid groups is 1. The Morgan fingerprint density at radius 2 is 1.00 bits per heavy atom. The highest BCUT2D eigenvalue weighted by atomic mass is 31.2. The van der Waals surface area contributed by atoms with E-state index in [1.165, 1.54) is 83.5 Å². The molecule has 0 aliphatic rings. The van der Waals surface area contributed by atoms with Crippen LogP contribution in [0.5, 0.6) is 0 Å². The molecule has 0 spiro atoms. The first-order valence-electron chi connectivity index (χ1n) is 19.9. The fourth-order valence-corrected chi connectivity index (χ4v) is 6.11. The van der Waals surface area contributed by atoms with Crippen LogP contribution in [0, 0.1) is 0 Å². The van der Waals surface area contributed by atoms with Gasteiger partial charge in [-0.3, -0.25) is 14.2 Å². The molecule has 0 fully saturated rings. The first-order valence-corrected chi connectivity index (χ1v) is 21.3. The second kappa shape index (κ2) is 36.3. The Kier molecular flexibility index (Phi) is 35.2. The van der Waals surface area contributed by atoms with Crippen LogP contribution in [0.4, 0.5) is 0 Å². The summed E-state index contributed by atoms with van der Waals surface area (Å²) < 4.78 is 32.4. The van der Waals surface area contributed by atoms with Gasteiger partial charge in [0, 0.05) is 12.8 Å². The highest BCUT2D eigenvalue weighted by Gasteiger charge is 2.21. The SMILES string of the molecule is CCCCCCCC/C=C\CCCCCCCC(=O)OC[C@H](COP(=O)([O-])OCC[NH3+])OC(=O)CCCCC/C=C\CCCCCCCC. The molecule has 0 heterocycles. The molecular formula is C39H74NO8P. The first-order chi connectivity index (χ1) is 23.8. The monoisotopic (exact) mass is 716 g/mol. The molecule has 0 saturated heterocycles. The van der Waals surface area contributed by atoms with Gasteiger partial charge in [-0.1, -0.05) is 128 Å². The van der Waals surface area contributed by atoms with E-state index in [1.54, 1.807) is 0 Å². The third-order valence-electron chi connectivity index (χ3n) is 8.33. The highest BCUT2D eigenvalue weighted by molar-refractivity contribution is 7.45. The van der Waals surface area contributed by atoms with E-state index in [0.717, 1.165) is 64.2 Å². The largest absolute Gasteiger partial charge is 0.756 e. The van der Waals surface area contributed by atoms with Crippen molar-refractivity contribution in [3.63, 3.8) is 0 Å². The number of quaternary nitrogens is 1. The smallest absolute Gasteiger partial charge is 0.306 e. The predicted octanol–water partition coefficient (Wildman–Crippen LogP) is 9.48. The normalized spacial score (nSPS) is 13.6. The zero-order valence-electron chi connectivity index (χ0n) is 31.5. The van der Waals surface area contributed by atoms with E-state index >= 15 is 0 Å². The number of unbranched alkanes of at least 4 members (excludes halogenated alkanes) is 20. The molecule has 0 aliphatic heterocycles. The summed E-state index contributed by atoms with van der Waals surface area (Å²) in [6.07, 6.45) is 36.3. The van der Waals surface area contributed by atoms with Gasteiger partial charge < -0.3 is 29.1 Å². The Morgan fingerprint density at radius 3 is 1.47 bits per heavy atom. The number of hydrogen-bond donors (Lipinski definition) is 1. The van der Waals surface area contributed by atoms with Gasteiger partial charge in [-0.2, -0.15) is 0 Å². The molecule has 0 aliphatic carbocycles. The summed E-state index contributed by atoms with van der Waals surface area (Å²) in [5.41, 5.74) is 3.54. The van der Waals surface area contributed by atoms with Crippen molar-refractivity contribution in [3.05, 3.63) is 24.3 Å². The van der Waals surface area contributed by atoms with Crippen LogP contribution in [-0.2, 0) is 32.7 Å². The van der Waals surface area contributed by atoms with Gasteiger partial charge in [-0.15, -0.1) is 0 Å². The minimum atomic E-state index is -4.58. The van der Waals surface area contributed by atoms with E-state index in [1.807, 2.05) is 0 Å². The van der Waals surface area contributed by atoms with E-state index in [0.29, 0.717) is 6.42 Å². The molecule has 0 rings (SSSR count). The number of carbonyl (C=O) groups excluding carboxylic acids is 2. The lowest BCUT2D eigenvalue weighted by Crippen LogP contribution is -2.52. The molecule has 0 aromatic heterocycles. The molecule has 0 radical (unpaired) electrons. The fourth-order valence-electron chi connectivity index (χ4n) is 5.33. The van der Waals surface area contributed by atoms with Gasteiger partial charge in [0.1, 0.15) is 13.2 Å². The molecule has 0 amide bonds. The molecule has 10 heteroatoms. The third kappa shape index (κ3) is 36.1. The van der Waals surface area contributed by atoms with Gasteiger partial charge in [-0.25, -0.2) is 0 Å². The summed E-state index contributed by atoms with van der Waals surface area (Å²) in [6, 6.07) is 0. The summed E-state index contributed by atoms with van der Waals surface area (Å²) in [4.78, 5) is 36.8. The zero-order valence-corrected chi connectivity index (χ0v) is 32.4. The first kappa shape index (κ1) is 47.5. The number of hydrogen-bond acceptors (Lipinski definition) is 8. The predicted molar refractivity (Wildman–Crippen MR) is 198 cm³/mol. The number of ether oxygens (including phenoxy) is 2. The lowest BCUT2D eigenvalue weighted by Gasteiger charge is -2.25. The van der Waals surface area contributed by atoms with Gasteiger partial charge >= 0.3 is 11.9 Å². The fraction of sp³-hybridized carbons (Fsp3) is 0.846. The highest BCUT2D eigenvalue weighted by Crippen LogP contribution is 2.38. The molecule has 0 aromatic rings. The van der Waals surface area contributed by atoms with Gasteiger partial charge in [0.15, 0.2) is 6.10 Å². The van der Waals surface area contributed by atoms with Crippen molar-refractivity contribution in [2.75, 3.05) is 26.4 Å². The summed E-state index contributed by atoms with van der Waals surface area (Å²) >= 11 is 0. The quantitative estimate of drug-likeness (QED) is 0.0290. The zero-order chi connectivity index (χ0) is 36.1. The van der Waals surface area contributed by atoms with Crippen LogP contribution in [0.15, 0.2) is 24.3 Å². The van der Waals surface area contributed by atoms with Crippen molar-refractivity contribution in [1.82, 2.24) is 0 Å². The van der Waals surface area contributed by atoms with Gasteiger partial charge in [0.25, 0.3) is 7.82 Å². The number of carbonyl (C=O) groups is 2. The average molecular weight is 716 g/mol. The van der Waals surface area contributed by atoms with Crippen molar-refractivity contribution in [2.24, 2.45) is 0 Å². The molecule has 0 bridgehead atoms. The maximum Gasteiger partial charge on any atom is 0.306 e. The number of allylic oxidation sites excluding steroid dienone is 4. The summed E-state index contributed by atoms with van der Waals surface area (Å²) in [6.45, 7) is 3.89. The standard InChI is InChI=1S/C39H74NO8P/c1-3-5-7-9-11-13-15-17-18-20-21-23-25-27-29-31-38(41)45-35-37(36-47-49(43,44)46-34-33-40)48-39(42)32-30-28-26-24-22-19-16-14-12-10-8-6-4-2/h17-19,22,37H,3-16,20-21,23-36,40H2,1-2H3,(H,43,44)/b18-17-,22-19-/t37-/m1/s1. The Labute approximate surface area is 300 Å². The Bertz CT molecular complexity index is 866. The van der Waals surface area contributed by atoms with Crippen LogP contribution >= 0.6 is 7.82 Å². The van der Waals surface area contributed by atoms with E-state index in [-0.39, 0.29) is 32.6 Å². The van der Waals surface area contributed by atoms with E-state index in [9.17, 15) is 19.0 Å². The van der Waals surface area contributed by atoms with Crippen molar-refractivity contribution >= 4 is 19.8 Å². The molecule has 9 nitrogen and oxygen atoms in total. The molecule has 0 aromatic carbocycles. The molecule has 1 unspecified atom stereocenters.